The Labute approximate surface area is 112 Å². The summed E-state index contributed by atoms with van der Waals surface area (Å²) < 4.78 is 0. The van der Waals surface area contributed by atoms with Crippen molar-refractivity contribution in [2.45, 2.75) is 13.3 Å². The molecule has 2 aromatic rings. The molecule has 1 aliphatic heterocycles. The van der Waals surface area contributed by atoms with E-state index >= 15 is 0 Å². The van der Waals surface area contributed by atoms with Gasteiger partial charge in [0.2, 0.25) is 5.91 Å². The van der Waals surface area contributed by atoms with Crippen LogP contribution in [-0.4, -0.2) is 5.91 Å². The number of amides is 1. The highest BCUT2D eigenvalue weighted by Gasteiger charge is 2.22. The van der Waals surface area contributed by atoms with Gasteiger partial charge >= 0.3 is 0 Å². The van der Waals surface area contributed by atoms with Crippen molar-refractivity contribution in [2.75, 3.05) is 4.90 Å². The second kappa shape index (κ2) is 4.62. The van der Waals surface area contributed by atoms with Gasteiger partial charge in [0.15, 0.2) is 0 Å². The van der Waals surface area contributed by atoms with Crippen molar-refractivity contribution < 1.29 is 4.79 Å². The minimum atomic E-state index is 0.0744. The summed E-state index contributed by atoms with van der Waals surface area (Å²) in [6, 6.07) is 15.5. The van der Waals surface area contributed by atoms with Crippen LogP contribution in [0.3, 0.4) is 0 Å². The van der Waals surface area contributed by atoms with Crippen LogP contribution in [0, 0.1) is 11.8 Å². The first-order valence-electron chi connectivity index (χ1n) is 6.34. The van der Waals surface area contributed by atoms with E-state index in [1.807, 2.05) is 55.5 Å². The molecule has 0 saturated carbocycles. The number of anilines is 2. The number of rotatable bonds is 1. The third-order valence-electron chi connectivity index (χ3n) is 3.17. The third-order valence-corrected chi connectivity index (χ3v) is 3.17. The van der Waals surface area contributed by atoms with Gasteiger partial charge in [-0.3, -0.25) is 9.69 Å². The van der Waals surface area contributed by atoms with Gasteiger partial charge in [0.25, 0.3) is 0 Å². The first-order chi connectivity index (χ1) is 9.31. The molecule has 0 fully saturated rings. The number of para-hydroxylation sites is 2. The lowest BCUT2D eigenvalue weighted by molar-refractivity contribution is -0.117. The van der Waals surface area contributed by atoms with E-state index in [2.05, 4.69) is 11.8 Å². The van der Waals surface area contributed by atoms with Gasteiger partial charge in [-0.05, 0) is 24.3 Å². The molecule has 0 N–H and O–H groups in total. The minimum Gasteiger partial charge on any atom is -0.279 e. The van der Waals surface area contributed by atoms with Gasteiger partial charge in [-0.2, -0.15) is 0 Å². The van der Waals surface area contributed by atoms with Gasteiger partial charge < -0.3 is 0 Å². The number of carbonyl (C=O) groups excluding carboxylic acids is 1. The Morgan fingerprint density at radius 3 is 1.89 bits per heavy atom. The average Bonchev–Trinajstić information content (AvgIpc) is 2.63. The average molecular weight is 247 g/mol. The maximum Gasteiger partial charge on any atom is 0.231 e. The maximum absolute atomic E-state index is 12.3. The summed E-state index contributed by atoms with van der Waals surface area (Å²) in [7, 11) is 0. The quantitative estimate of drug-likeness (QED) is 0.706. The first-order valence-corrected chi connectivity index (χ1v) is 6.34. The Balaban J connectivity index is 2.29. The lowest BCUT2D eigenvalue weighted by Crippen LogP contribution is -2.25. The van der Waals surface area contributed by atoms with Crippen molar-refractivity contribution in [3.8, 4) is 11.8 Å². The number of hydrogen-bond acceptors (Lipinski definition) is 1. The minimum absolute atomic E-state index is 0.0744. The molecule has 1 aliphatic rings. The van der Waals surface area contributed by atoms with Crippen LogP contribution in [0.5, 0.6) is 0 Å². The lowest BCUT2D eigenvalue weighted by Gasteiger charge is -2.23. The summed E-state index contributed by atoms with van der Waals surface area (Å²) in [5.41, 5.74) is 3.51. The van der Waals surface area contributed by atoms with Gasteiger partial charge in [-0.25, -0.2) is 0 Å². The van der Waals surface area contributed by atoms with Crippen molar-refractivity contribution >= 4 is 17.3 Å². The SMILES string of the molecule is CCC(=O)N1c2ccccc2C#Cc2ccccc21. The highest BCUT2D eigenvalue weighted by atomic mass is 16.2. The van der Waals surface area contributed by atoms with E-state index in [4.69, 9.17) is 0 Å². The van der Waals surface area contributed by atoms with Gasteiger partial charge in [-0.15, -0.1) is 0 Å². The van der Waals surface area contributed by atoms with Crippen LogP contribution < -0.4 is 4.90 Å². The fourth-order valence-corrected chi connectivity index (χ4v) is 2.24. The van der Waals surface area contributed by atoms with Crippen molar-refractivity contribution in [3.63, 3.8) is 0 Å². The van der Waals surface area contributed by atoms with Crippen LogP contribution in [0.25, 0.3) is 0 Å². The summed E-state index contributed by atoms with van der Waals surface area (Å²) in [5.74, 6) is 6.37. The predicted octanol–water partition coefficient (Wildman–Crippen LogP) is 3.47. The van der Waals surface area contributed by atoms with Crippen LogP contribution >= 0.6 is 0 Å². The number of nitrogens with zero attached hydrogens (tertiary/aromatic N) is 1. The zero-order valence-corrected chi connectivity index (χ0v) is 10.7. The summed E-state index contributed by atoms with van der Waals surface area (Å²) in [5, 5.41) is 0. The Bertz CT molecular complexity index is 655. The Kier molecular flexibility index (Phi) is 2.81. The molecule has 19 heavy (non-hydrogen) atoms. The molecule has 0 atom stereocenters. The van der Waals surface area contributed by atoms with Gasteiger partial charge in [-0.1, -0.05) is 43.0 Å². The fraction of sp³-hybridized carbons (Fsp3) is 0.118. The van der Waals surface area contributed by atoms with Gasteiger partial charge in [0.1, 0.15) is 0 Å². The van der Waals surface area contributed by atoms with E-state index in [0.29, 0.717) is 6.42 Å². The summed E-state index contributed by atoms with van der Waals surface area (Å²) in [6.07, 6.45) is 0.461. The van der Waals surface area contributed by atoms with Crippen LogP contribution in [0.15, 0.2) is 48.5 Å². The number of benzene rings is 2. The van der Waals surface area contributed by atoms with Crippen LogP contribution in [-0.2, 0) is 4.79 Å². The summed E-state index contributed by atoms with van der Waals surface area (Å²) >= 11 is 0. The molecule has 0 aliphatic carbocycles. The lowest BCUT2D eigenvalue weighted by atomic mass is 10.1. The van der Waals surface area contributed by atoms with Crippen LogP contribution in [0.2, 0.25) is 0 Å². The Morgan fingerprint density at radius 2 is 1.42 bits per heavy atom. The van der Waals surface area contributed by atoms with E-state index in [1.54, 1.807) is 4.90 Å². The zero-order chi connectivity index (χ0) is 13.2. The first kappa shape index (κ1) is 11.6. The smallest absolute Gasteiger partial charge is 0.231 e. The molecular formula is C17H13NO. The monoisotopic (exact) mass is 247 g/mol. The highest BCUT2D eigenvalue weighted by Crippen LogP contribution is 2.33. The fourth-order valence-electron chi connectivity index (χ4n) is 2.24. The zero-order valence-electron chi connectivity index (χ0n) is 10.7. The van der Waals surface area contributed by atoms with Crippen molar-refractivity contribution in [2.24, 2.45) is 0 Å². The molecule has 92 valence electrons. The molecule has 0 aromatic heterocycles. The predicted molar refractivity (Wildman–Crippen MR) is 76.3 cm³/mol. The van der Waals surface area contributed by atoms with E-state index in [-0.39, 0.29) is 5.91 Å². The molecule has 2 aromatic carbocycles. The standard InChI is InChI=1S/C17H13NO/c1-2-17(19)18-15-9-5-3-7-13(15)11-12-14-8-4-6-10-16(14)18/h3-10H,2H2,1H3. The van der Waals surface area contributed by atoms with Gasteiger partial charge in [0, 0.05) is 17.5 Å². The molecule has 3 rings (SSSR count). The topological polar surface area (TPSA) is 20.3 Å². The summed E-state index contributed by atoms with van der Waals surface area (Å²) in [4.78, 5) is 14.1. The molecule has 0 bridgehead atoms. The second-order valence-corrected chi connectivity index (χ2v) is 4.37. The van der Waals surface area contributed by atoms with Crippen LogP contribution in [0.1, 0.15) is 24.5 Å². The molecule has 0 unspecified atom stereocenters. The molecule has 1 heterocycles. The molecule has 2 heteroatoms. The molecule has 2 nitrogen and oxygen atoms in total. The van der Waals surface area contributed by atoms with E-state index in [0.717, 1.165) is 22.5 Å². The number of carbonyl (C=O) groups is 1. The Hall–Kier alpha value is -2.53. The Morgan fingerprint density at radius 1 is 0.947 bits per heavy atom. The van der Waals surface area contributed by atoms with E-state index in [9.17, 15) is 4.79 Å². The molecule has 0 radical (unpaired) electrons. The van der Waals surface area contributed by atoms with Crippen molar-refractivity contribution in [1.29, 1.82) is 0 Å². The van der Waals surface area contributed by atoms with Crippen molar-refractivity contribution in [1.82, 2.24) is 0 Å². The van der Waals surface area contributed by atoms with E-state index in [1.165, 1.54) is 0 Å². The molecule has 0 saturated heterocycles. The molecule has 0 spiro atoms. The molecular weight excluding hydrogens is 234 g/mol. The maximum atomic E-state index is 12.3. The van der Waals surface area contributed by atoms with Gasteiger partial charge in [0.05, 0.1) is 11.4 Å². The largest absolute Gasteiger partial charge is 0.279 e. The number of hydrogen-bond donors (Lipinski definition) is 0. The highest BCUT2D eigenvalue weighted by molar-refractivity contribution is 6.03. The number of fused-ring (bicyclic) bond motifs is 2. The third kappa shape index (κ3) is 1.90. The summed E-state index contributed by atoms with van der Waals surface area (Å²) in [6.45, 7) is 1.87. The second-order valence-electron chi connectivity index (χ2n) is 4.37. The van der Waals surface area contributed by atoms with Crippen molar-refractivity contribution in [3.05, 3.63) is 59.7 Å². The van der Waals surface area contributed by atoms with E-state index < -0.39 is 0 Å². The normalized spacial score (nSPS) is 11.7. The molecule has 1 amide bonds. The van der Waals surface area contributed by atoms with Crippen LogP contribution in [0.4, 0.5) is 11.4 Å².